The van der Waals surface area contributed by atoms with Crippen LogP contribution in [0.5, 0.6) is 0 Å². The lowest BCUT2D eigenvalue weighted by Gasteiger charge is -2.13. The average molecular weight is 248 g/mol. The van der Waals surface area contributed by atoms with Crippen molar-refractivity contribution in [3.8, 4) is 0 Å². The predicted molar refractivity (Wildman–Crippen MR) is 76.7 cm³/mol. The van der Waals surface area contributed by atoms with Gasteiger partial charge in [-0.25, -0.2) is 0 Å². The van der Waals surface area contributed by atoms with Crippen LogP contribution in [0, 0.1) is 26.7 Å². The fourth-order valence-electron chi connectivity index (χ4n) is 2.07. The normalized spacial score (nSPS) is 12.3. The molecular weight excluding hydrogens is 224 g/mol. The van der Waals surface area contributed by atoms with Crippen molar-refractivity contribution in [3.63, 3.8) is 0 Å². The maximum Gasteiger partial charge on any atom is 0.224 e. The lowest BCUT2D eigenvalue weighted by atomic mass is 10.0. The zero-order chi connectivity index (χ0) is 13.7. The molecule has 1 atom stereocenters. The van der Waals surface area contributed by atoms with Crippen LogP contribution >= 0.6 is 0 Å². The number of anilines is 1. The Bertz CT molecular complexity index is 403. The second-order valence-corrected chi connectivity index (χ2v) is 5.20. The van der Waals surface area contributed by atoms with Crippen molar-refractivity contribution < 1.29 is 4.79 Å². The van der Waals surface area contributed by atoms with E-state index < -0.39 is 0 Å². The fraction of sp³-hybridized carbons (Fsp3) is 0.533. The van der Waals surface area contributed by atoms with Crippen LogP contribution in [0.1, 0.15) is 36.5 Å². The van der Waals surface area contributed by atoms with E-state index >= 15 is 0 Å². The van der Waals surface area contributed by atoms with Gasteiger partial charge >= 0.3 is 0 Å². The summed E-state index contributed by atoms with van der Waals surface area (Å²) >= 11 is 0. The molecule has 1 rings (SSSR count). The van der Waals surface area contributed by atoms with E-state index in [4.69, 9.17) is 5.73 Å². The Morgan fingerprint density at radius 2 is 1.83 bits per heavy atom. The van der Waals surface area contributed by atoms with E-state index in [1.165, 1.54) is 5.56 Å². The lowest BCUT2D eigenvalue weighted by Crippen LogP contribution is -2.17. The van der Waals surface area contributed by atoms with Crippen LogP contribution in [-0.2, 0) is 4.79 Å². The Kier molecular flexibility index (Phi) is 5.35. The zero-order valence-electron chi connectivity index (χ0n) is 11.8. The molecule has 1 aromatic rings. The highest BCUT2D eigenvalue weighted by Crippen LogP contribution is 2.22. The molecule has 0 radical (unpaired) electrons. The molecule has 1 unspecified atom stereocenters. The quantitative estimate of drug-likeness (QED) is 0.841. The smallest absolute Gasteiger partial charge is 0.224 e. The summed E-state index contributed by atoms with van der Waals surface area (Å²) < 4.78 is 0. The van der Waals surface area contributed by atoms with Crippen LogP contribution in [0.2, 0.25) is 0 Å². The second-order valence-electron chi connectivity index (χ2n) is 5.20. The average Bonchev–Trinajstić information content (AvgIpc) is 2.30. The number of carbonyl (C=O) groups is 1. The minimum absolute atomic E-state index is 0.0744. The second kappa shape index (κ2) is 6.55. The van der Waals surface area contributed by atoms with E-state index in [2.05, 4.69) is 31.3 Å². The first-order chi connectivity index (χ1) is 8.43. The van der Waals surface area contributed by atoms with Crippen molar-refractivity contribution in [2.24, 2.45) is 11.7 Å². The van der Waals surface area contributed by atoms with Gasteiger partial charge in [0, 0.05) is 12.1 Å². The van der Waals surface area contributed by atoms with Gasteiger partial charge in [0.05, 0.1) is 0 Å². The van der Waals surface area contributed by atoms with Crippen molar-refractivity contribution in [1.29, 1.82) is 0 Å². The van der Waals surface area contributed by atoms with E-state index in [1.807, 2.05) is 13.8 Å². The third-order valence-electron chi connectivity index (χ3n) is 3.21. The van der Waals surface area contributed by atoms with Gasteiger partial charge in [-0.05, 0) is 50.8 Å². The maximum atomic E-state index is 11.9. The van der Waals surface area contributed by atoms with Crippen molar-refractivity contribution in [2.45, 2.75) is 40.5 Å². The van der Waals surface area contributed by atoms with Gasteiger partial charge in [-0.15, -0.1) is 0 Å². The third-order valence-corrected chi connectivity index (χ3v) is 3.21. The number of carbonyl (C=O) groups excluding carboxylic acids is 1. The Balaban J connectivity index is 2.65. The first-order valence-electron chi connectivity index (χ1n) is 6.51. The van der Waals surface area contributed by atoms with Gasteiger partial charge in [-0.3, -0.25) is 4.79 Å². The molecule has 0 aromatic heterocycles. The Morgan fingerprint density at radius 3 is 2.33 bits per heavy atom. The predicted octanol–water partition coefficient (Wildman–Crippen LogP) is 2.93. The molecule has 1 amide bonds. The number of aryl methyl sites for hydroxylation is 3. The van der Waals surface area contributed by atoms with Crippen LogP contribution in [0.15, 0.2) is 12.1 Å². The number of nitrogens with two attached hydrogens (primary N) is 1. The standard InChI is InChI=1S/C15H24N2O/c1-10(9-16)5-6-14(18)17-15-12(3)7-11(2)8-13(15)4/h7-8,10H,5-6,9,16H2,1-4H3,(H,17,18). The molecule has 3 nitrogen and oxygen atoms in total. The monoisotopic (exact) mass is 248 g/mol. The molecule has 0 aliphatic heterocycles. The van der Waals surface area contributed by atoms with Gasteiger partial charge in [-0.2, -0.15) is 0 Å². The van der Waals surface area contributed by atoms with Crippen molar-refractivity contribution in [2.75, 3.05) is 11.9 Å². The van der Waals surface area contributed by atoms with Gasteiger partial charge in [-0.1, -0.05) is 24.6 Å². The summed E-state index contributed by atoms with van der Waals surface area (Å²) in [6.45, 7) is 8.82. The molecule has 18 heavy (non-hydrogen) atoms. The Labute approximate surface area is 110 Å². The van der Waals surface area contributed by atoms with Crippen molar-refractivity contribution in [1.82, 2.24) is 0 Å². The highest BCUT2D eigenvalue weighted by atomic mass is 16.1. The van der Waals surface area contributed by atoms with E-state index in [1.54, 1.807) is 0 Å². The van der Waals surface area contributed by atoms with Crippen LogP contribution in [-0.4, -0.2) is 12.5 Å². The summed E-state index contributed by atoms with van der Waals surface area (Å²) in [6.07, 6.45) is 1.37. The molecule has 0 saturated heterocycles. The molecule has 3 heteroatoms. The largest absolute Gasteiger partial charge is 0.330 e. The number of benzene rings is 1. The van der Waals surface area contributed by atoms with Crippen LogP contribution in [0.25, 0.3) is 0 Å². The van der Waals surface area contributed by atoms with Gasteiger partial charge in [0.15, 0.2) is 0 Å². The third kappa shape index (κ3) is 4.15. The van der Waals surface area contributed by atoms with E-state index in [0.717, 1.165) is 23.2 Å². The molecule has 0 spiro atoms. The summed E-state index contributed by atoms with van der Waals surface area (Å²) in [5.41, 5.74) is 9.95. The number of nitrogens with one attached hydrogen (secondary N) is 1. The highest BCUT2D eigenvalue weighted by Gasteiger charge is 2.09. The number of rotatable bonds is 5. The maximum absolute atomic E-state index is 11.9. The molecule has 0 saturated carbocycles. The van der Waals surface area contributed by atoms with E-state index in [-0.39, 0.29) is 5.91 Å². The topological polar surface area (TPSA) is 55.1 Å². The summed E-state index contributed by atoms with van der Waals surface area (Å²) in [4.78, 5) is 11.9. The minimum Gasteiger partial charge on any atom is -0.330 e. The van der Waals surface area contributed by atoms with Gasteiger partial charge in [0.2, 0.25) is 5.91 Å². The van der Waals surface area contributed by atoms with E-state index in [9.17, 15) is 4.79 Å². The number of amides is 1. The number of hydrogen-bond donors (Lipinski definition) is 2. The first kappa shape index (κ1) is 14.7. The molecule has 1 aromatic carbocycles. The fourth-order valence-corrected chi connectivity index (χ4v) is 2.07. The van der Waals surface area contributed by atoms with Crippen LogP contribution < -0.4 is 11.1 Å². The molecule has 0 aliphatic carbocycles. The van der Waals surface area contributed by atoms with Gasteiger partial charge < -0.3 is 11.1 Å². The van der Waals surface area contributed by atoms with Crippen LogP contribution in [0.4, 0.5) is 5.69 Å². The highest BCUT2D eigenvalue weighted by molar-refractivity contribution is 5.92. The molecule has 0 aliphatic rings. The summed E-state index contributed by atoms with van der Waals surface area (Å²) in [6, 6.07) is 4.18. The summed E-state index contributed by atoms with van der Waals surface area (Å²) in [5.74, 6) is 0.473. The Hall–Kier alpha value is -1.35. The molecule has 0 bridgehead atoms. The zero-order valence-corrected chi connectivity index (χ0v) is 11.8. The minimum atomic E-state index is 0.0744. The summed E-state index contributed by atoms with van der Waals surface area (Å²) in [7, 11) is 0. The summed E-state index contributed by atoms with van der Waals surface area (Å²) in [5, 5.41) is 3.01. The Morgan fingerprint density at radius 1 is 1.28 bits per heavy atom. The number of hydrogen-bond acceptors (Lipinski definition) is 2. The molecule has 3 N–H and O–H groups in total. The molecule has 0 heterocycles. The van der Waals surface area contributed by atoms with Crippen molar-refractivity contribution in [3.05, 3.63) is 28.8 Å². The molecule has 100 valence electrons. The van der Waals surface area contributed by atoms with Gasteiger partial charge in [0.25, 0.3) is 0 Å². The van der Waals surface area contributed by atoms with Crippen molar-refractivity contribution >= 4 is 11.6 Å². The molecule has 0 fully saturated rings. The SMILES string of the molecule is Cc1cc(C)c(NC(=O)CCC(C)CN)c(C)c1. The first-order valence-corrected chi connectivity index (χ1v) is 6.51. The molecular formula is C15H24N2O. The van der Waals surface area contributed by atoms with E-state index in [0.29, 0.717) is 18.9 Å². The van der Waals surface area contributed by atoms with Gasteiger partial charge in [0.1, 0.15) is 0 Å². The lowest BCUT2D eigenvalue weighted by molar-refractivity contribution is -0.116. The van der Waals surface area contributed by atoms with Crippen LogP contribution in [0.3, 0.4) is 0 Å².